The van der Waals surface area contributed by atoms with Crippen LogP contribution in [0.2, 0.25) is 0 Å². The van der Waals surface area contributed by atoms with E-state index in [2.05, 4.69) is 26.5 Å². The molecule has 0 aromatic heterocycles. The first-order valence-corrected chi connectivity index (χ1v) is 12.6. The number of hydrazone groups is 1. The molecule has 8 heteroatoms. The first-order chi connectivity index (χ1) is 16.4. The lowest BCUT2D eigenvalue weighted by molar-refractivity contribution is -0.128. The van der Waals surface area contributed by atoms with Gasteiger partial charge in [0.05, 0.1) is 17.7 Å². The summed E-state index contributed by atoms with van der Waals surface area (Å²) >= 11 is 5.16. The van der Waals surface area contributed by atoms with Gasteiger partial charge in [-0.1, -0.05) is 48.5 Å². The van der Waals surface area contributed by atoms with E-state index in [0.29, 0.717) is 17.9 Å². The van der Waals surface area contributed by atoms with Gasteiger partial charge in [-0.3, -0.25) is 9.59 Å². The van der Waals surface area contributed by atoms with E-state index in [1.165, 1.54) is 0 Å². The molecule has 3 aromatic carbocycles. The Morgan fingerprint density at radius 3 is 2.56 bits per heavy atom. The second-order valence-corrected chi connectivity index (χ2v) is 10.0. The van der Waals surface area contributed by atoms with E-state index in [4.69, 9.17) is 0 Å². The van der Waals surface area contributed by atoms with E-state index in [0.717, 1.165) is 26.9 Å². The molecule has 1 saturated heterocycles. The molecule has 1 fully saturated rings. The summed E-state index contributed by atoms with van der Waals surface area (Å²) in [6, 6.07) is 23.2. The van der Waals surface area contributed by atoms with E-state index >= 15 is 0 Å². The quantitative estimate of drug-likeness (QED) is 0.338. The molecular formula is C26H25BrN4O2S. The minimum atomic E-state index is -0.289. The van der Waals surface area contributed by atoms with Gasteiger partial charge in [0.1, 0.15) is 5.37 Å². The number of carbonyl (C=O) groups is 2. The molecule has 1 heterocycles. The minimum absolute atomic E-state index is 0.0635. The van der Waals surface area contributed by atoms with Crippen molar-refractivity contribution in [2.45, 2.75) is 11.9 Å². The highest BCUT2D eigenvalue weighted by molar-refractivity contribution is 9.10. The molecule has 0 radical (unpaired) electrons. The number of anilines is 1. The monoisotopic (exact) mass is 536 g/mol. The molecule has 1 atom stereocenters. The number of halogens is 1. The molecule has 174 valence electrons. The first-order valence-electron chi connectivity index (χ1n) is 10.8. The second kappa shape index (κ2) is 10.9. The molecule has 34 heavy (non-hydrogen) atoms. The average molecular weight is 537 g/mol. The Morgan fingerprint density at radius 2 is 1.88 bits per heavy atom. The van der Waals surface area contributed by atoms with Crippen LogP contribution in [0.1, 0.15) is 32.4 Å². The molecule has 6 nitrogen and oxygen atoms in total. The number of nitrogens with zero attached hydrogens (tertiary/aromatic N) is 3. The SMILES string of the molecule is CN(C)c1ccc(/C=N\NC(=O)c2ccc([C@H]3SCC(=O)N3Cc3ccccc3)cc2)cc1Br. The van der Waals surface area contributed by atoms with Crippen molar-refractivity contribution in [1.82, 2.24) is 10.3 Å². The van der Waals surface area contributed by atoms with Crippen LogP contribution in [0.25, 0.3) is 0 Å². The van der Waals surface area contributed by atoms with Crippen molar-refractivity contribution in [3.8, 4) is 0 Å². The van der Waals surface area contributed by atoms with Gasteiger partial charge in [-0.25, -0.2) is 5.43 Å². The Kier molecular flexibility index (Phi) is 7.70. The van der Waals surface area contributed by atoms with Crippen molar-refractivity contribution in [3.05, 3.63) is 99.5 Å². The average Bonchev–Trinajstić information content (AvgIpc) is 3.19. The molecular weight excluding hydrogens is 512 g/mol. The lowest BCUT2D eigenvalue weighted by Gasteiger charge is -2.24. The Hall–Kier alpha value is -3.10. The maximum atomic E-state index is 12.5. The van der Waals surface area contributed by atoms with Gasteiger partial charge < -0.3 is 9.80 Å². The number of carbonyl (C=O) groups excluding carboxylic acids is 2. The minimum Gasteiger partial charge on any atom is -0.377 e. The molecule has 4 rings (SSSR count). The maximum absolute atomic E-state index is 12.5. The predicted molar refractivity (Wildman–Crippen MR) is 142 cm³/mol. The summed E-state index contributed by atoms with van der Waals surface area (Å²) in [5, 5.41) is 4.02. The van der Waals surface area contributed by atoms with Gasteiger partial charge in [-0.2, -0.15) is 5.10 Å². The summed E-state index contributed by atoms with van der Waals surface area (Å²) in [5.74, 6) is 0.295. The highest BCUT2D eigenvalue weighted by Crippen LogP contribution is 2.39. The number of hydrogen-bond donors (Lipinski definition) is 1. The molecule has 0 unspecified atom stereocenters. The lowest BCUT2D eigenvalue weighted by atomic mass is 10.1. The molecule has 3 aromatic rings. The van der Waals surface area contributed by atoms with E-state index in [-0.39, 0.29) is 17.2 Å². The van der Waals surface area contributed by atoms with E-state index in [1.807, 2.05) is 84.6 Å². The van der Waals surface area contributed by atoms with Crippen LogP contribution in [0.4, 0.5) is 5.69 Å². The topological polar surface area (TPSA) is 65.0 Å². The number of amides is 2. The van der Waals surface area contributed by atoms with Crippen molar-refractivity contribution >= 4 is 51.4 Å². The number of thioether (sulfide) groups is 1. The van der Waals surface area contributed by atoms with Crippen LogP contribution in [0, 0.1) is 0 Å². The van der Waals surface area contributed by atoms with Gasteiger partial charge >= 0.3 is 0 Å². The van der Waals surface area contributed by atoms with Gasteiger partial charge in [-0.05, 0) is 56.9 Å². The third-order valence-electron chi connectivity index (χ3n) is 5.46. The highest BCUT2D eigenvalue weighted by atomic mass is 79.9. The molecule has 0 bridgehead atoms. The smallest absolute Gasteiger partial charge is 0.271 e. The Bertz CT molecular complexity index is 1200. The van der Waals surface area contributed by atoms with Gasteiger partial charge in [0.15, 0.2) is 0 Å². The molecule has 0 spiro atoms. The molecule has 1 aliphatic rings. The standard InChI is InChI=1S/C26H25BrN4O2S/c1-30(2)23-13-8-19(14-22(23)27)15-28-29-25(33)20-9-11-21(12-10-20)26-31(24(32)17-34-26)16-18-6-4-3-5-7-18/h3-15,26H,16-17H2,1-2H3,(H,29,33)/b28-15-/t26-/m1/s1. The Balaban J connectivity index is 1.39. The maximum Gasteiger partial charge on any atom is 0.271 e. The lowest BCUT2D eigenvalue weighted by Crippen LogP contribution is -2.27. The third-order valence-corrected chi connectivity index (χ3v) is 7.35. The summed E-state index contributed by atoms with van der Waals surface area (Å²) < 4.78 is 0.952. The highest BCUT2D eigenvalue weighted by Gasteiger charge is 2.32. The van der Waals surface area contributed by atoms with E-state index in [9.17, 15) is 9.59 Å². The number of nitrogens with one attached hydrogen (secondary N) is 1. The number of benzene rings is 3. The van der Waals surface area contributed by atoms with Crippen molar-refractivity contribution in [2.75, 3.05) is 24.7 Å². The zero-order chi connectivity index (χ0) is 24.1. The molecule has 0 aliphatic carbocycles. The van der Waals surface area contributed by atoms with Crippen LogP contribution in [0.15, 0.2) is 82.4 Å². The normalized spacial score (nSPS) is 15.7. The zero-order valence-electron chi connectivity index (χ0n) is 18.9. The Labute approximate surface area is 212 Å². The van der Waals surface area contributed by atoms with Gasteiger partial charge in [-0.15, -0.1) is 11.8 Å². The van der Waals surface area contributed by atoms with Gasteiger partial charge in [0.25, 0.3) is 5.91 Å². The van der Waals surface area contributed by atoms with Crippen molar-refractivity contribution in [1.29, 1.82) is 0 Å². The van der Waals surface area contributed by atoms with Crippen LogP contribution in [0.5, 0.6) is 0 Å². The Morgan fingerprint density at radius 1 is 1.15 bits per heavy atom. The van der Waals surface area contributed by atoms with Crippen LogP contribution < -0.4 is 10.3 Å². The second-order valence-electron chi connectivity index (χ2n) is 8.10. The van der Waals surface area contributed by atoms with Gasteiger partial charge in [0.2, 0.25) is 5.91 Å². The van der Waals surface area contributed by atoms with Crippen molar-refractivity contribution in [3.63, 3.8) is 0 Å². The fourth-order valence-electron chi connectivity index (χ4n) is 3.68. The van der Waals surface area contributed by atoms with Crippen molar-refractivity contribution < 1.29 is 9.59 Å². The van der Waals surface area contributed by atoms with Crippen LogP contribution in [0.3, 0.4) is 0 Å². The summed E-state index contributed by atoms with van der Waals surface area (Å²) in [6.45, 7) is 0.569. The van der Waals surface area contributed by atoms with Gasteiger partial charge in [0, 0.05) is 30.7 Å². The third kappa shape index (κ3) is 5.69. The summed E-state index contributed by atoms with van der Waals surface area (Å²) in [4.78, 5) is 28.9. The van der Waals surface area contributed by atoms with Crippen LogP contribution in [-0.4, -0.2) is 42.8 Å². The largest absolute Gasteiger partial charge is 0.377 e. The fraction of sp³-hybridized carbons (Fsp3) is 0.192. The van der Waals surface area contributed by atoms with E-state index in [1.54, 1.807) is 30.1 Å². The summed E-state index contributed by atoms with van der Waals surface area (Å²) in [6.07, 6.45) is 1.61. The fourth-order valence-corrected chi connectivity index (χ4v) is 5.62. The van der Waals surface area contributed by atoms with E-state index < -0.39 is 0 Å². The molecule has 2 amide bonds. The van der Waals surface area contributed by atoms with Crippen LogP contribution in [-0.2, 0) is 11.3 Å². The summed E-state index contributed by atoms with van der Waals surface area (Å²) in [7, 11) is 3.95. The zero-order valence-corrected chi connectivity index (χ0v) is 21.3. The molecule has 1 aliphatic heterocycles. The predicted octanol–water partition coefficient (Wildman–Crippen LogP) is 5.05. The van der Waals surface area contributed by atoms with Crippen molar-refractivity contribution in [2.24, 2.45) is 5.10 Å². The first kappa shape index (κ1) is 24.0. The summed E-state index contributed by atoms with van der Waals surface area (Å²) in [5.41, 5.74) is 7.11. The number of hydrogen-bond acceptors (Lipinski definition) is 5. The molecule has 0 saturated carbocycles. The molecule has 1 N–H and O–H groups in total. The van der Waals surface area contributed by atoms with Crippen LogP contribution >= 0.6 is 27.7 Å². The number of rotatable bonds is 7.